The van der Waals surface area contributed by atoms with Crippen LogP contribution < -0.4 is 5.32 Å². The quantitative estimate of drug-likeness (QED) is 0.905. The molecule has 0 bridgehead atoms. The number of carbonyl (C=O) groups excluding carboxylic acids is 1. The van der Waals surface area contributed by atoms with Crippen LogP contribution in [0, 0.1) is 0 Å². The van der Waals surface area contributed by atoms with Crippen LogP contribution in [0.2, 0.25) is 5.02 Å². The first kappa shape index (κ1) is 15.6. The van der Waals surface area contributed by atoms with Crippen LogP contribution in [0.1, 0.15) is 31.7 Å². The number of halogens is 1. The summed E-state index contributed by atoms with van der Waals surface area (Å²) in [5.74, 6) is 0. The van der Waals surface area contributed by atoms with Gasteiger partial charge in [-0.25, -0.2) is 4.79 Å². The standard InChI is InChI=1S/C17H23ClN2O2/c1-2-22-16(21)20-10-7-15(12-20)19-17(8-9-17)11-13-3-5-14(18)6-4-13/h3-6,15,19H,2,7-12H2,1H3/t15-/m0/s1. The summed E-state index contributed by atoms with van der Waals surface area (Å²) in [6.45, 7) is 3.82. The minimum absolute atomic E-state index is 0.186. The van der Waals surface area contributed by atoms with Crippen LogP contribution in [0.4, 0.5) is 4.79 Å². The molecule has 2 aliphatic rings. The van der Waals surface area contributed by atoms with E-state index in [0.717, 1.165) is 31.0 Å². The Morgan fingerprint density at radius 3 is 2.77 bits per heavy atom. The first-order chi connectivity index (χ1) is 10.6. The largest absolute Gasteiger partial charge is 0.450 e. The molecule has 1 aliphatic carbocycles. The Kier molecular flexibility index (Phi) is 4.59. The summed E-state index contributed by atoms with van der Waals surface area (Å²) in [4.78, 5) is 13.6. The molecule has 1 N–H and O–H groups in total. The van der Waals surface area contributed by atoms with E-state index in [0.29, 0.717) is 12.6 Å². The van der Waals surface area contributed by atoms with Crippen molar-refractivity contribution in [3.8, 4) is 0 Å². The van der Waals surface area contributed by atoms with E-state index in [2.05, 4.69) is 17.4 Å². The number of ether oxygens (including phenoxy) is 1. The summed E-state index contributed by atoms with van der Waals surface area (Å²) in [5, 5.41) is 4.55. The van der Waals surface area contributed by atoms with Gasteiger partial charge in [-0.2, -0.15) is 0 Å². The third kappa shape index (κ3) is 3.73. The van der Waals surface area contributed by atoms with Crippen molar-refractivity contribution >= 4 is 17.7 Å². The molecule has 2 fully saturated rings. The fourth-order valence-electron chi connectivity index (χ4n) is 3.21. The van der Waals surface area contributed by atoms with E-state index in [4.69, 9.17) is 16.3 Å². The van der Waals surface area contributed by atoms with Gasteiger partial charge in [-0.1, -0.05) is 23.7 Å². The predicted octanol–water partition coefficient (Wildman–Crippen LogP) is 3.24. The van der Waals surface area contributed by atoms with Gasteiger partial charge in [-0.3, -0.25) is 0 Å². The third-order valence-corrected chi connectivity index (χ3v) is 4.79. The summed E-state index contributed by atoms with van der Waals surface area (Å²) >= 11 is 5.94. The molecule has 1 saturated heterocycles. The average molecular weight is 323 g/mol. The lowest BCUT2D eigenvalue weighted by Crippen LogP contribution is -2.43. The molecule has 120 valence electrons. The van der Waals surface area contributed by atoms with Gasteiger partial charge in [-0.15, -0.1) is 0 Å². The number of benzene rings is 1. The number of nitrogens with one attached hydrogen (secondary N) is 1. The second-order valence-electron chi connectivity index (χ2n) is 6.36. The molecule has 1 saturated carbocycles. The number of nitrogens with zero attached hydrogens (tertiary/aromatic N) is 1. The fraction of sp³-hybridized carbons (Fsp3) is 0.588. The monoisotopic (exact) mass is 322 g/mol. The van der Waals surface area contributed by atoms with E-state index < -0.39 is 0 Å². The van der Waals surface area contributed by atoms with Crippen molar-refractivity contribution in [3.05, 3.63) is 34.9 Å². The minimum atomic E-state index is -0.186. The SMILES string of the molecule is CCOC(=O)N1CC[C@H](NC2(Cc3ccc(Cl)cc3)CC2)C1. The van der Waals surface area contributed by atoms with Crippen LogP contribution >= 0.6 is 11.6 Å². The molecular weight excluding hydrogens is 300 g/mol. The van der Waals surface area contributed by atoms with Crippen LogP contribution in [0.25, 0.3) is 0 Å². The second-order valence-corrected chi connectivity index (χ2v) is 6.79. The van der Waals surface area contributed by atoms with Gasteiger partial charge in [-0.05, 0) is 50.3 Å². The van der Waals surface area contributed by atoms with Crippen LogP contribution in [-0.2, 0) is 11.2 Å². The maximum absolute atomic E-state index is 11.8. The average Bonchev–Trinajstić information content (AvgIpc) is 3.07. The molecule has 3 rings (SSSR count). The van der Waals surface area contributed by atoms with Gasteiger partial charge >= 0.3 is 6.09 Å². The zero-order valence-electron chi connectivity index (χ0n) is 13.0. The minimum Gasteiger partial charge on any atom is -0.450 e. The van der Waals surface area contributed by atoms with Crippen molar-refractivity contribution in [3.63, 3.8) is 0 Å². The predicted molar refractivity (Wildman–Crippen MR) is 87.3 cm³/mol. The summed E-state index contributed by atoms with van der Waals surface area (Å²) in [7, 11) is 0. The maximum Gasteiger partial charge on any atom is 0.409 e. The van der Waals surface area contributed by atoms with Gasteiger partial charge in [0.05, 0.1) is 6.61 Å². The van der Waals surface area contributed by atoms with Gasteiger partial charge in [0, 0.05) is 29.7 Å². The van der Waals surface area contributed by atoms with Gasteiger partial charge in [0.25, 0.3) is 0 Å². The Morgan fingerprint density at radius 2 is 2.14 bits per heavy atom. The molecule has 5 heteroatoms. The van der Waals surface area contributed by atoms with Gasteiger partial charge < -0.3 is 15.0 Å². The molecule has 1 heterocycles. The Balaban J connectivity index is 1.53. The van der Waals surface area contributed by atoms with Crippen molar-refractivity contribution in [2.24, 2.45) is 0 Å². The molecule has 1 amide bonds. The first-order valence-corrected chi connectivity index (χ1v) is 8.42. The smallest absolute Gasteiger partial charge is 0.409 e. The van der Waals surface area contributed by atoms with Crippen LogP contribution in [0.15, 0.2) is 24.3 Å². The normalized spacial score (nSPS) is 22.6. The maximum atomic E-state index is 11.8. The first-order valence-electron chi connectivity index (χ1n) is 8.04. The zero-order chi connectivity index (χ0) is 15.6. The molecule has 1 aliphatic heterocycles. The van der Waals surface area contributed by atoms with E-state index in [9.17, 15) is 4.79 Å². The van der Waals surface area contributed by atoms with Gasteiger partial charge in [0.15, 0.2) is 0 Å². The summed E-state index contributed by atoms with van der Waals surface area (Å²) < 4.78 is 5.07. The number of carbonyl (C=O) groups is 1. The van der Waals surface area contributed by atoms with Crippen molar-refractivity contribution < 1.29 is 9.53 Å². The number of hydrogen-bond acceptors (Lipinski definition) is 3. The summed E-state index contributed by atoms with van der Waals surface area (Å²) in [6, 6.07) is 8.47. The van der Waals surface area contributed by atoms with Crippen LogP contribution in [0.3, 0.4) is 0 Å². The number of rotatable bonds is 5. The van der Waals surface area contributed by atoms with E-state index in [1.54, 1.807) is 4.90 Å². The third-order valence-electron chi connectivity index (χ3n) is 4.53. The van der Waals surface area contributed by atoms with Crippen molar-refractivity contribution in [1.82, 2.24) is 10.2 Å². The van der Waals surface area contributed by atoms with Crippen molar-refractivity contribution in [2.75, 3.05) is 19.7 Å². The van der Waals surface area contributed by atoms with E-state index >= 15 is 0 Å². The lowest BCUT2D eigenvalue weighted by molar-refractivity contribution is 0.114. The van der Waals surface area contributed by atoms with E-state index in [1.165, 1.54) is 18.4 Å². The van der Waals surface area contributed by atoms with Crippen molar-refractivity contribution in [1.29, 1.82) is 0 Å². The number of amides is 1. The zero-order valence-corrected chi connectivity index (χ0v) is 13.7. The number of hydrogen-bond donors (Lipinski definition) is 1. The Morgan fingerprint density at radius 1 is 1.41 bits per heavy atom. The highest BCUT2D eigenvalue weighted by Crippen LogP contribution is 2.40. The lowest BCUT2D eigenvalue weighted by Gasteiger charge is -2.23. The van der Waals surface area contributed by atoms with E-state index in [-0.39, 0.29) is 11.6 Å². The highest BCUT2D eigenvalue weighted by molar-refractivity contribution is 6.30. The second kappa shape index (κ2) is 6.47. The van der Waals surface area contributed by atoms with Gasteiger partial charge in [0.2, 0.25) is 0 Å². The molecule has 4 nitrogen and oxygen atoms in total. The molecule has 1 atom stereocenters. The molecule has 0 unspecified atom stereocenters. The van der Waals surface area contributed by atoms with Gasteiger partial charge in [0.1, 0.15) is 0 Å². The number of likely N-dealkylation sites (tertiary alicyclic amines) is 1. The molecule has 0 radical (unpaired) electrons. The highest BCUT2D eigenvalue weighted by atomic mass is 35.5. The Hall–Kier alpha value is -1.26. The molecule has 0 aromatic heterocycles. The lowest BCUT2D eigenvalue weighted by atomic mass is 10.0. The van der Waals surface area contributed by atoms with Crippen molar-refractivity contribution in [2.45, 2.75) is 44.2 Å². The highest BCUT2D eigenvalue weighted by Gasteiger charge is 2.45. The topological polar surface area (TPSA) is 41.6 Å². The van der Waals surface area contributed by atoms with Crippen LogP contribution in [0.5, 0.6) is 0 Å². The van der Waals surface area contributed by atoms with Crippen LogP contribution in [-0.4, -0.2) is 42.3 Å². The molecule has 0 spiro atoms. The molecular formula is C17H23ClN2O2. The Labute approximate surface area is 136 Å². The summed E-state index contributed by atoms with van der Waals surface area (Å²) in [6.07, 6.45) is 4.24. The Bertz CT molecular complexity index is 528. The molecule has 1 aromatic rings. The fourth-order valence-corrected chi connectivity index (χ4v) is 3.33. The summed E-state index contributed by atoms with van der Waals surface area (Å²) in [5.41, 5.74) is 1.53. The van der Waals surface area contributed by atoms with E-state index in [1.807, 2.05) is 19.1 Å². The molecule has 22 heavy (non-hydrogen) atoms. The molecule has 1 aromatic carbocycles.